The van der Waals surface area contributed by atoms with Crippen LogP contribution in [-0.4, -0.2) is 21.2 Å². The van der Waals surface area contributed by atoms with Gasteiger partial charge in [-0.3, -0.25) is 0 Å². The molecule has 0 spiro atoms. The monoisotopic (exact) mass is 1020 g/mol. The van der Waals surface area contributed by atoms with Crippen molar-refractivity contribution >= 4 is 79.0 Å². The van der Waals surface area contributed by atoms with Gasteiger partial charge in [-0.2, -0.15) is 0 Å². The first-order chi connectivity index (χ1) is 39.3. The Morgan fingerprint density at radius 3 is 1.49 bits per heavy atom. The summed E-state index contributed by atoms with van der Waals surface area (Å²) in [6.45, 7) is 6.97. The summed E-state index contributed by atoms with van der Waals surface area (Å²) in [4.78, 5) is 15.3. The van der Waals surface area contributed by atoms with E-state index in [-0.39, 0.29) is 12.1 Å². The standard InChI is InChI=1S/C74H54BN5/c1-74(2,3)55-41-45-67-60(47-55)58-26-13-16-29-65(58)80(67)66-44-40-54(64-48-63(52-20-7-4-8-21-52)76-73(77-64)53-22-9-5-10-23-53)46-59(66)51-36-34-49(35-37-51)50-38-42-57(43-39-50)79-69-31-18-15-28-62(69)75-61-27-14-17-30-68(61)78(56-24-11-6-12-25-56)70-32-19-33-71(79)72(70)75/h4-48H,1-3H3. The molecule has 5 nitrogen and oxygen atoms in total. The minimum Gasteiger partial charge on any atom is -0.311 e. The number of hydrogen-bond donors (Lipinski definition) is 0. The minimum atomic E-state index is 0.00382. The zero-order valence-corrected chi connectivity index (χ0v) is 44.8. The average molecular weight is 1020 g/mol. The molecule has 6 heteroatoms. The first-order valence-electron chi connectivity index (χ1n) is 27.7. The van der Waals surface area contributed by atoms with Gasteiger partial charge in [0, 0.05) is 67.2 Å². The maximum Gasteiger partial charge on any atom is 0.252 e. The van der Waals surface area contributed by atoms with Crippen LogP contribution in [0.4, 0.5) is 34.1 Å². The highest BCUT2D eigenvalue weighted by Crippen LogP contribution is 2.45. The summed E-state index contributed by atoms with van der Waals surface area (Å²) in [5, 5.41) is 2.48. The lowest BCUT2D eigenvalue weighted by Gasteiger charge is -2.44. The molecule has 2 aliphatic rings. The van der Waals surface area contributed by atoms with E-state index in [1.54, 1.807) is 0 Å². The molecule has 4 heterocycles. The molecule has 378 valence electrons. The number of anilines is 6. The average Bonchev–Trinajstić information content (AvgIpc) is 3.34. The van der Waals surface area contributed by atoms with E-state index in [1.807, 2.05) is 24.3 Å². The van der Waals surface area contributed by atoms with E-state index < -0.39 is 0 Å². The number of benzene rings is 11. The van der Waals surface area contributed by atoms with Crippen LogP contribution in [0.3, 0.4) is 0 Å². The molecule has 11 aromatic carbocycles. The van der Waals surface area contributed by atoms with Gasteiger partial charge in [-0.15, -0.1) is 0 Å². The van der Waals surface area contributed by atoms with Crippen molar-refractivity contribution in [1.29, 1.82) is 0 Å². The Bertz CT molecular complexity index is 4450. The van der Waals surface area contributed by atoms with E-state index in [2.05, 4.69) is 284 Å². The summed E-state index contributed by atoms with van der Waals surface area (Å²) in [5.41, 5.74) is 25.1. The Hall–Kier alpha value is -10.0. The molecule has 2 aliphatic heterocycles. The van der Waals surface area contributed by atoms with Gasteiger partial charge in [0.05, 0.1) is 28.1 Å². The van der Waals surface area contributed by atoms with E-state index in [9.17, 15) is 0 Å². The van der Waals surface area contributed by atoms with Crippen LogP contribution in [-0.2, 0) is 5.41 Å². The second kappa shape index (κ2) is 18.9. The quantitative estimate of drug-likeness (QED) is 0.142. The van der Waals surface area contributed by atoms with Gasteiger partial charge in [0.25, 0.3) is 6.71 Å². The fourth-order valence-corrected chi connectivity index (χ4v) is 12.5. The van der Waals surface area contributed by atoms with Gasteiger partial charge in [0.15, 0.2) is 5.82 Å². The summed E-state index contributed by atoms with van der Waals surface area (Å²) >= 11 is 0. The molecular weight excluding hydrogens is 970 g/mol. The molecule has 0 amide bonds. The topological polar surface area (TPSA) is 37.2 Å². The fourth-order valence-electron chi connectivity index (χ4n) is 12.5. The molecule has 0 N–H and O–H groups in total. The number of hydrogen-bond acceptors (Lipinski definition) is 4. The number of aromatic nitrogens is 3. The predicted molar refractivity (Wildman–Crippen MR) is 336 cm³/mol. The van der Waals surface area contributed by atoms with Gasteiger partial charge >= 0.3 is 0 Å². The molecular formula is C74H54BN5. The molecule has 2 aromatic heterocycles. The van der Waals surface area contributed by atoms with Crippen molar-refractivity contribution in [3.05, 3.63) is 279 Å². The van der Waals surface area contributed by atoms with Crippen LogP contribution < -0.4 is 26.2 Å². The first kappa shape index (κ1) is 47.2. The van der Waals surface area contributed by atoms with Gasteiger partial charge in [-0.1, -0.05) is 209 Å². The van der Waals surface area contributed by atoms with Crippen LogP contribution >= 0.6 is 0 Å². The van der Waals surface area contributed by atoms with E-state index in [4.69, 9.17) is 9.97 Å². The molecule has 0 aliphatic carbocycles. The zero-order chi connectivity index (χ0) is 53.5. The van der Waals surface area contributed by atoms with E-state index >= 15 is 0 Å². The van der Waals surface area contributed by atoms with E-state index in [0.717, 1.165) is 67.4 Å². The molecule has 0 fully saturated rings. The Morgan fingerprint density at radius 1 is 0.338 bits per heavy atom. The van der Waals surface area contributed by atoms with E-state index in [1.165, 1.54) is 66.5 Å². The van der Waals surface area contributed by atoms with Crippen LogP contribution in [0.1, 0.15) is 26.3 Å². The van der Waals surface area contributed by atoms with Gasteiger partial charge in [-0.05, 0) is 129 Å². The number of para-hydroxylation sites is 4. The maximum absolute atomic E-state index is 5.30. The second-order valence-electron chi connectivity index (χ2n) is 22.2. The van der Waals surface area contributed by atoms with Gasteiger partial charge in [0.1, 0.15) is 0 Å². The van der Waals surface area contributed by atoms with Crippen molar-refractivity contribution < 1.29 is 0 Å². The van der Waals surface area contributed by atoms with Crippen LogP contribution in [0, 0.1) is 0 Å². The highest BCUT2D eigenvalue weighted by molar-refractivity contribution is 7.00. The third-order valence-electron chi connectivity index (χ3n) is 16.4. The van der Waals surface area contributed by atoms with Crippen molar-refractivity contribution in [2.75, 3.05) is 9.80 Å². The van der Waals surface area contributed by atoms with Crippen molar-refractivity contribution in [2.24, 2.45) is 0 Å². The highest BCUT2D eigenvalue weighted by Gasteiger charge is 2.42. The lowest BCUT2D eigenvalue weighted by atomic mass is 9.33. The summed E-state index contributed by atoms with van der Waals surface area (Å²) in [6, 6.07) is 99.2. The molecule has 0 atom stereocenters. The van der Waals surface area contributed by atoms with Crippen LogP contribution in [0.2, 0.25) is 0 Å². The predicted octanol–water partition coefficient (Wildman–Crippen LogP) is 17.3. The minimum absolute atomic E-state index is 0.00382. The molecule has 13 aromatic rings. The number of nitrogens with zero attached hydrogens (tertiary/aromatic N) is 5. The van der Waals surface area contributed by atoms with Crippen molar-refractivity contribution in [3.8, 4) is 61.8 Å². The van der Waals surface area contributed by atoms with Crippen LogP contribution in [0.15, 0.2) is 273 Å². The first-order valence-corrected chi connectivity index (χ1v) is 27.7. The molecule has 0 bridgehead atoms. The number of rotatable bonds is 8. The molecule has 15 rings (SSSR count). The number of fused-ring (bicyclic) bond motifs is 7. The highest BCUT2D eigenvalue weighted by atomic mass is 15.2. The molecule has 80 heavy (non-hydrogen) atoms. The third-order valence-corrected chi connectivity index (χ3v) is 16.4. The van der Waals surface area contributed by atoms with Crippen molar-refractivity contribution in [1.82, 2.24) is 14.5 Å². The Balaban J connectivity index is 0.846. The Morgan fingerprint density at radius 2 is 0.838 bits per heavy atom. The van der Waals surface area contributed by atoms with Crippen LogP contribution in [0.25, 0.3) is 83.6 Å². The zero-order valence-electron chi connectivity index (χ0n) is 44.8. The normalized spacial score (nSPS) is 12.6. The molecule has 0 saturated carbocycles. The largest absolute Gasteiger partial charge is 0.311 e. The second-order valence-corrected chi connectivity index (χ2v) is 22.2. The lowest BCUT2D eigenvalue weighted by Crippen LogP contribution is -2.61. The smallest absolute Gasteiger partial charge is 0.252 e. The molecule has 0 radical (unpaired) electrons. The fraction of sp³-hybridized carbons (Fsp3) is 0.0541. The van der Waals surface area contributed by atoms with Crippen molar-refractivity contribution in [2.45, 2.75) is 26.2 Å². The summed E-state index contributed by atoms with van der Waals surface area (Å²) in [6.07, 6.45) is 0. The van der Waals surface area contributed by atoms with Crippen molar-refractivity contribution in [3.63, 3.8) is 0 Å². The summed E-state index contributed by atoms with van der Waals surface area (Å²) in [5.74, 6) is 0.692. The van der Waals surface area contributed by atoms with Gasteiger partial charge in [0.2, 0.25) is 0 Å². The van der Waals surface area contributed by atoms with Gasteiger partial charge < -0.3 is 14.4 Å². The summed E-state index contributed by atoms with van der Waals surface area (Å²) < 4.78 is 2.45. The summed E-state index contributed by atoms with van der Waals surface area (Å²) in [7, 11) is 0. The third kappa shape index (κ3) is 7.86. The van der Waals surface area contributed by atoms with Gasteiger partial charge in [-0.25, -0.2) is 9.97 Å². The lowest BCUT2D eigenvalue weighted by molar-refractivity contribution is 0.591. The molecule has 0 saturated heterocycles. The SMILES string of the molecule is CC(C)(C)c1ccc2c(c1)c1ccccc1n2-c1ccc(-c2cc(-c3ccccc3)nc(-c3ccccc3)n2)cc1-c1ccc(-c2ccc(N3c4ccccc4B4c5ccccc5N(c5ccccc5)c5cccc3c54)cc2)cc1. The van der Waals surface area contributed by atoms with Crippen LogP contribution in [0.5, 0.6) is 0 Å². The maximum atomic E-state index is 5.30. The Kier molecular flexibility index (Phi) is 11.1. The Labute approximate surface area is 467 Å². The molecule has 0 unspecified atom stereocenters. The van der Waals surface area contributed by atoms with E-state index in [0.29, 0.717) is 5.82 Å².